The second kappa shape index (κ2) is 6.36. The van der Waals surface area contributed by atoms with Gasteiger partial charge in [0.25, 0.3) is 0 Å². The molecule has 0 radical (unpaired) electrons. The largest absolute Gasteiger partial charge is 0.344 e. The standard InChI is InChI=1S/C15H22N2O2/c1-5-17(15(2,3)4)14(19)13(18)16-11-12-9-7-6-8-10-12/h6-10H,5,11H2,1-4H3,(H,16,18). The summed E-state index contributed by atoms with van der Waals surface area (Å²) in [5, 5.41) is 2.66. The SMILES string of the molecule is CCN(C(=O)C(=O)NCc1ccccc1)C(C)(C)C. The van der Waals surface area contributed by atoms with Crippen LogP contribution in [0.4, 0.5) is 0 Å². The number of hydrogen-bond donors (Lipinski definition) is 1. The van der Waals surface area contributed by atoms with Crippen LogP contribution in [0.5, 0.6) is 0 Å². The van der Waals surface area contributed by atoms with E-state index in [0.717, 1.165) is 5.56 Å². The van der Waals surface area contributed by atoms with Crippen molar-refractivity contribution in [2.45, 2.75) is 39.8 Å². The summed E-state index contributed by atoms with van der Waals surface area (Å²) in [6.45, 7) is 8.50. The van der Waals surface area contributed by atoms with Crippen LogP contribution in [0.15, 0.2) is 30.3 Å². The number of benzene rings is 1. The molecule has 1 aromatic carbocycles. The normalized spacial score (nSPS) is 10.9. The van der Waals surface area contributed by atoms with Gasteiger partial charge in [-0.2, -0.15) is 0 Å². The lowest BCUT2D eigenvalue weighted by Crippen LogP contribution is -2.51. The van der Waals surface area contributed by atoms with E-state index in [9.17, 15) is 9.59 Å². The maximum absolute atomic E-state index is 12.1. The molecule has 19 heavy (non-hydrogen) atoms. The fourth-order valence-electron chi connectivity index (χ4n) is 1.90. The second-order valence-corrected chi connectivity index (χ2v) is 5.39. The molecule has 0 aromatic heterocycles. The third kappa shape index (κ3) is 4.39. The molecule has 4 nitrogen and oxygen atoms in total. The molecule has 0 fully saturated rings. The first-order valence-corrected chi connectivity index (χ1v) is 6.50. The van der Waals surface area contributed by atoms with E-state index in [1.54, 1.807) is 4.90 Å². The Labute approximate surface area is 114 Å². The highest BCUT2D eigenvalue weighted by Crippen LogP contribution is 2.12. The van der Waals surface area contributed by atoms with Gasteiger partial charge < -0.3 is 10.2 Å². The van der Waals surface area contributed by atoms with Crippen molar-refractivity contribution in [3.8, 4) is 0 Å². The fraction of sp³-hybridized carbons (Fsp3) is 0.467. The summed E-state index contributed by atoms with van der Waals surface area (Å²) < 4.78 is 0. The Bertz CT molecular complexity index is 435. The summed E-state index contributed by atoms with van der Waals surface area (Å²) in [6.07, 6.45) is 0. The van der Waals surface area contributed by atoms with E-state index >= 15 is 0 Å². The Morgan fingerprint density at radius 1 is 1.16 bits per heavy atom. The van der Waals surface area contributed by atoms with Gasteiger partial charge in [0.1, 0.15) is 0 Å². The first kappa shape index (κ1) is 15.2. The van der Waals surface area contributed by atoms with E-state index in [2.05, 4.69) is 5.32 Å². The Morgan fingerprint density at radius 2 is 1.74 bits per heavy atom. The molecule has 0 atom stereocenters. The molecule has 0 aliphatic heterocycles. The molecule has 0 spiro atoms. The van der Waals surface area contributed by atoms with Crippen LogP contribution in [0.1, 0.15) is 33.3 Å². The third-order valence-corrected chi connectivity index (χ3v) is 2.86. The van der Waals surface area contributed by atoms with Gasteiger partial charge in [-0.25, -0.2) is 0 Å². The number of nitrogens with one attached hydrogen (secondary N) is 1. The highest BCUT2D eigenvalue weighted by Gasteiger charge is 2.29. The number of rotatable bonds is 3. The molecule has 0 saturated carbocycles. The van der Waals surface area contributed by atoms with Crippen LogP contribution in [-0.2, 0) is 16.1 Å². The van der Waals surface area contributed by atoms with Crippen molar-refractivity contribution in [1.29, 1.82) is 0 Å². The molecule has 104 valence electrons. The molecule has 0 unspecified atom stereocenters. The van der Waals surface area contributed by atoms with Crippen molar-refractivity contribution >= 4 is 11.8 Å². The zero-order valence-electron chi connectivity index (χ0n) is 12.1. The van der Waals surface area contributed by atoms with E-state index in [4.69, 9.17) is 0 Å². The number of hydrogen-bond acceptors (Lipinski definition) is 2. The lowest BCUT2D eigenvalue weighted by molar-refractivity contribution is -0.149. The first-order chi connectivity index (χ1) is 8.86. The highest BCUT2D eigenvalue weighted by molar-refractivity contribution is 6.35. The van der Waals surface area contributed by atoms with Gasteiger partial charge in [0.05, 0.1) is 0 Å². The quantitative estimate of drug-likeness (QED) is 0.846. The summed E-state index contributed by atoms with van der Waals surface area (Å²) in [5.74, 6) is -1.04. The number of nitrogens with zero attached hydrogens (tertiary/aromatic N) is 1. The number of carbonyl (C=O) groups is 2. The molecule has 0 bridgehead atoms. The van der Waals surface area contributed by atoms with Crippen molar-refractivity contribution in [3.05, 3.63) is 35.9 Å². The molecule has 2 amide bonds. The summed E-state index contributed by atoms with van der Waals surface area (Å²) in [4.78, 5) is 25.5. The molecule has 1 aromatic rings. The summed E-state index contributed by atoms with van der Waals surface area (Å²) in [6, 6.07) is 9.53. The van der Waals surface area contributed by atoms with E-state index < -0.39 is 11.8 Å². The minimum atomic E-state index is -0.555. The molecule has 0 saturated heterocycles. The molecule has 1 rings (SSSR count). The fourth-order valence-corrected chi connectivity index (χ4v) is 1.90. The zero-order chi connectivity index (χ0) is 14.5. The highest BCUT2D eigenvalue weighted by atomic mass is 16.2. The van der Waals surface area contributed by atoms with E-state index in [-0.39, 0.29) is 5.54 Å². The maximum atomic E-state index is 12.1. The maximum Gasteiger partial charge on any atom is 0.312 e. The molecule has 0 aliphatic carbocycles. The molecular formula is C15H22N2O2. The summed E-state index contributed by atoms with van der Waals surface area (Å²) >= 11 is 0. The lowest BCUT2D eigenvalue weighted by atomic mass is 10.1. The van der Waals surface area contributed by atoms with Crippen LogP contribution >= 0.6 is 0 Å². The van der Waals surface area contributed by atoms with Crippen molar-refractivity contribution in [1.82, 2.24) is 10.2 Å². The predicted molar refractivity (Wildman–Crippen MR) is 75.4 cm³/mol. The van der Waals surface area contributed by atoms with Crippen LogP contribution in [0.25, 0.3) is 0 Å². The lowest BCUT2D eigenvalue weighted by Gasteiger charge is -2.34. The zero-order valence-corrected chi connectivity index (χ0v) is 12.1. The first-order valence-electron chi connectivity index (χ1n) is 6.50. The van der Waals surface area contributed by atoms with Gasteiger partial charge in [0.2, 0.25) is 0 Å². The molecule has 0 heterocycles. The van der Waals surface area contributed by atoms with E-state index in [1.807, 2.05) is 58.0 Å². The van der Waals surface area contributed by atoms with Crippen molar-refractivity contribution in [2.75, 3.05) is 6.54 Å². The van der Waals surface area contributed by atoms with Gasteiger partial charge in [-0.3, -0.25) is 9.59 Å². The van der Waals surface area contributed by atoms with Gasteiger partial charge in [0.15, 0.2) is 0 Å². The van der Waals surface area contributed by atoms with E-state index in [0.29, 0.717) is 13.1 Å². The average molecular weight is 262 g/mol. The van der Waals surface area contributed by atoms with Crippen molar-refractivity contribution < 1.29 is 9.59 Å². The Morgan fingerprint density at radius 3 is 2.21 bits per heavy atom. The number of amides is 2. The minimum Gasteiger partial charge on any atom is -0.344 e. The topological polar surface area (TPSA) is 49.4 Å². The Balaban J connectivity index is 2.60. The summed E-state index contributed by atoms with van der Waals surface area (Å²) in [5.41, 5.74) is 0.623. The van der Waals surface area contributed by atoms with Crippen molar-refractivity contribution in [3.63, 3.8) is 0 Å². The van der Waals surface area contributed by atoms with Gasteiger partial charge in [-0.05, 0) is 33.3 Å². The molecule has 0 aliphatic rings. The van der Waals surface area contributed by atoms with E-state index in [1.165, 1.54) is 0 Å². The van der Waals surface area contributed by atoms with Gasteiger partial charge in [-0.1, -0.05) is 30.3 Å². The number of likely N-dealkylation sites (N-methyl/N-ethyl adjacent to an activating group) is 1. The molecule has 1 N–H and O–H groups in total. The van der Waals surface area contributed by atoms with Gasteiger partial charge in [-0.15, -0.1) is 0 Å². The second-order valence-electron chi connectivity index (χ2n) is 5.39. The third-order valence-electron chi connectivity index (χ3n) is 2.86. The van der Waals surface area contributed by atoms with Gasteiger partial charge in [0, 0.05) is 18.6 Å². The Kier molecular flexibility index (Phi) is 5.10. The minimum absolute atomic E-state index is 0.351. The van der Waals surface area contributed by atoms with Crippen LogP contribution < -0.4 is 5.32 Å². The van der Waals surface area contributed by atoms with Gasteiger partial charge >= 0.3 is 11.8 Å². The monoisotopic (exact) mass is 262 g/mol. The molecule has 4 heteroatoms. The van der Waals surface area contributed by atoms with Crippen molar-refractivity contribution in [2.24, 2.45) is 0 Å². The number of carbonyl (C=O) groups excluding carboxylic acids is 2. The predicted octanol–water partition coefficient (Wildman–Crippen LogP) is 1.95. The van der Waals surface area contributed by atoms with Crippen LogP contribution in [0.3, 0.4) is 0 Å². The van der Waals surface area contributed by atoms with Crippen LogP contribution in [0, 0.1) is 0 Å². The average Bonchev–Trinajstić information content (AvgIpc) is 2.36. The van der Waals surface area contributed by atoms with Crippen LogP contribution in [0.2, 0.25) is 0 Å². The smallest absolute Gasteiger partial charge is 0.312 e. The van der Waals surface area contributed by atoms with Crippen LogP contribution in [-0.4, -0.2) is 28.8 Å². The molecular weight excluding hydrogens is 240 g/mol. The Hall–Kier alpha value is -1.84. The summed E-state index contributed by atoms with van der Waals surface area (Å²) in [7, 11) is 0.